The second-order valence-corrected chi connectivity index (χ2v) is 8.57. The summed E-state index contributed by atoms with van der Waals surface area (Å²) >= 11 is 0. The smallest absolute Gasteiger partial charge is 0.231 e. The van der Waals surface area contributed by atoms with Crippen LogP contribution in [-0.4, -0.2) is 52.6 Å². The van der Waals surface area contributed by atoms with Crippen LogP contribution in [0.1, 0.15) is 26.3 Å². The molecule has 0 aromatic heterocycles. The number of guanidine groups is 1. The van der Waals surface area contributed by atoms with Crippen LogP contribution in [0.3, 0.4) is 0 Å². The molecule has 0 unspecified atom stereocenters. The summed E-state index contributed by atoms with van der Waals surface area (Å²) in [6, 6.07) is 5.90. The van der Waals surface area contributed by atoms with Gasteiger partial charge in [0.05, 0.1) is 12.8 Å². The van der Waals surface area contributed by atoms with Crippen molar-refractivity contribution in [2.24, 2.45) is 4.99 Å². The first kappa shape index (κ1) is 20.3. The summed E-state index contributed by atoms with van der Waals surface area (Å²) in [6.45, 7) is 7.57. The molecule has 0 radical (unpaired) electrons. The van der Waals surface area contributed by atoms with Crippen molar-refractivity contribution in [3.63, 3.8) is 0 Å². The number of hydrogen-bond acceptors (Lipinski definition) is 5. The largest absolute Gasteiger partial charge is 0.454 e. The Labute approximate surface area is 155 Å². The highest BCUT2D eigenvalue weighted by molar-refractivity contribution is 7.88. The van der Waals surface area contributed by atoms with Gasteiger partial charge in [0.25, 0.3) is 0 Å². The molecule has 1 heterocycles. The van der Waals surface area contributed by atoms with Crippen LogP contribution in [-0.2, 0) is 16.4 Å². The predicted octanol–water partition coefficient (Wildman–Crippen LogP) is 0.841. The molecule has 0 saturated carbocycles. The Morgan fingerprint density at radius 1 is 1.23 bits per heavy atom. The molecule has 0 saturated heterocycles. The van der Waals surface area contributed by atoms with Crippen molar-refractivity contribution in [3.05, 3.63) is 23.8 Å². The maximum atomic E-state index is 11.4. The number of rotatable bonds is 8. The fourth-order valence-electron chi connectivity index (χ4n) is 2.57. The molecule has 3 N–H and O–H groups in total. The Morgan fingerprint density at radius 3 is 2.65 bits per heavy atom. The van der Waals surface area contributed by atoms with Crippen LogP contribution in [0.25, 0.3) is 0 Å². The van der Waals surface area contributed by atoms with E-state index in [2.05, 4.69) is 20.3 Å². The molecule has 8 nitrogen and oxygen atoms in total. The van der Waals surface area contributed by atoms with E-state index in [-0.39, 0.29) is 6.79 Å². The zero-order chi connectivity index (χ0) is 19.2. The topological polar surface area (TPSA) is 101 Å². The molecule has 0 amide bonds. The SMILES string of the molecule is CCNC(=NCC(C)(C)NS(C)(=O)=O)NCCc1ccc2c(c1)OCO2. The lowest BCUT2D eigenvalue weighted by Crippen LogP contribution is -2.47. The van der Waals surface area contributed by atoms with Gasteiger partial charge in [0, 0.05) is 18.6 Å². The molecule has 1 aliphatic rings. The van der Waals surface area contributed by atoms with E-state index in [9.17, 15) is 8.42 Å². The highest BCUT2D eigenvalue weighted by Crippen LogP contribution is 2.32. The molecule has 0 spiro atoms. The molecular formula is C17H28N4O4S. The van der Waals surface area contributed by atoms with Gasteiger partial charge in [-0.2, -0.15) is 0 Å². The van der Waals surface area contributed by atoms with Crippen molar-refractivity contribution in [1.29, 1.82) is 0 Å². The first-order valence-corrected chi connectivity index (χ1v) is 10.5. The minimum absolute atomic E-state index is 0.269. The van der Waals surface area contributed by atoms with E-state index in [0.29, 0.717) is 19.0 Å². The quantitative estimate of drug-likeness (QED) is 0.454. The van der Waals surface area contributed by atoms with E-state index in [1.165, 1.54) is 0 Å². The minimum atomic E-state index is -3.28. The Bertz CT molecular complexity index is 747. The van der Waals surface area contributed by atoms with Gasteiger partial charge in [-0.1, -0.05) is 6.07 Å². The van der Waals surface area contributed by atoms with Gasteiger partial charge in [-0.3, -0.25) is 4.99 Å². The normalized spacial score (nSPS) is 14.4. The van der Waals surface area contributed by atoms with E-state index in [1.54, 1.807) is 13.8 Å². The third kappa shape index (κ3) is 6.72. The van der Waals surface area contributed by atoms with Gasteiger partial charge in [-0.25, -0.2) is 13.1 Å². The number of aliphatic imine (C=N–C) groups is 1. The highest BCUT2D eigenvalue weighted by atomic mass is 32.2. The lowest BCUT2D eigenvalue weighted by Gasteiger charge is -2.23. The Kier molecular flexibility index (Phi) is 6.71. The molecule has 1 aromatic rings. The summed E-state index contributed by atoms with van der Waals surface area (Å²) in [4.78, 5) is 4.48. The lowest BCUT2D eigenvalue weighted by atomic mass is 10.1. The zero-order valence-corrected chi connectivity index (χ0v) is 16.6. The third-order valence-electron chi connectivity index (χ3n) is 3.58. The summed E-state index contributed by atoms with van der Waals surface area (Å²) in [5.74, 6) is 2.20. The van der Waals surface area contributed by atoms with Gasteiger partial charge >= 0.3 is 0 Å². The molecule has 0 fully saturated rings. The van der Waals surface area contributed by atoms with Crippen molar-refractivity contribution in [2.75, 3.05) is 32.7 Å². The van der Waals surface area contributed by atoms with E-state index in [1.807, 2.05) is 25.1 Å². The summed E-state index contributed by atoms with van der Waals surface area (Å²) in [6.07, 6.45) is 1.94. The number of nitrogens with zero attached hydrogens (tertiary/aromatic N) is 1. The maximum absolute atomic E-state index is 11.4. The molecule has 0 atom stereocenters. The van der Waals surface area contributed by atoms with Gasteiger partial charge in [-0.05, 0) is 44.9 Å². The van der Waals surface area contributed by atoms with Crippen LogP contribution in [0.5, 0.6) is 11.5 Å². The molecule has 0 aliphatic carbocycles. The number of sulfonamides is 1. The van der Waals surface area contributed by atoms with Crippen LogP contribution >= 0.6 is 0 Å². The first-order valence-electron chi connectivity index (χ1n) is 8.58. The summed E-state index contributed by atoms with van der Waals surface area (Å²) in [7, 11) is -3.28. The molecule has 26 heavy (non-hydrogen) atoms. The van der Waals surface area contributed by atoms with E-state index < -0.39 is 15.6 Å². The van der Waals surface area contributed by atoms with Crippen molar-refractivity contribution < 1.29 is 17.9 Å². The number of fused-ring (bicyclic) bond motifs is 1. The average molecular weight is 385 g/mol. The summed E-state index contributed by atoms with van der Waals surface area (Å²) in [5, 5.41) is 6.42. The van der Waals surface area contributed by atoms with Gasteiger partial charge in [0.1, 0.15) is 0 Å². The van der Waals surface area contributed by atoms with Crippen molar-refractivity contribution in [1.82, 2.24) is 15.4 Å². The van der Waals surface area contributed by atoms with Gasteiger partial charge < -0.3 is 20.1 Å². The molecular weight excluding hydrogens is 356 g/mol. The summed E-state index contributed by atoms with van der Waals surface area (Å²) in [5.41, 5.74) is 0.476. The number of nitrogens with one attached hydrogen (secondary N) is 3. The van der Waals surface area contributed by atoms with Gasteiger partial charge in [0.2, 0.25) is 16.8 Å². The van der Waals surface area contributed by atoms with E-state index >= 15 is 0 Å². The number of benzene rings is 1. The third-order valence-corrected chi connectivity index (χ3v) is 4.50. The Balaban J connectivity index is 1.89. The number of ether oxygens (including phenoxy) is 2. The monoisotopic (exact) mass is 384 g/mol. The lowest BCUT2D eigenvalue weighted by molar-refractivity contribution is 0.174. The van der Waals surface area contributed by atoms with Gasteiger partial charge in [0.15, 0.2) is 17.5 Å². The van der Waals surface area contributed by atoms with Crippen LogP contribution < -0.4 is 24.8 Å². The fourth-order valence-corrected chi connectivity index (χ4v) is 3.64. The molecule has 1 aliphatic heterocycles. The zero-order valence-electron chi connectivity index (χ0n) is 15.8. The van der Waals surface area contributed by atoms with Crippen LogP contribution in [0, 0.1) is 0 Å². The molecule has 146 valence electrons. The molecule has 2 rings (SSSR count). The Morgan fingerprint density at radius 2 is 1.96 bits per heavy atom. The van der Waals surface area contributed by atoms with Crippen LogP contribution in [0.2, 0.25) is 0 Å². The van der Waals surface area contributed by atoms with E-state index in [4.69, 9.17) is 9.47 Å². The summed E-state index contributed by atoms with van der Waals surface area (Å²) < 4.78 is 36.1. The highest BCUT2D eigenvalue weighted by Gasteiger charge is 2.21. The standard InChI is InChI=1S/C17H28N4O4S/c1-5-18-16(20-11-17(2,3)21-26(4,22)23)19-9-8-13-6-7-14-15(10-13)25-12-24-14/h6-7,10,21H,5,8-9,11-12H2,1-4H3,(H2,18,19,20). The second kappa shape index (κ2) is 8.59. The van der Waals surface area contributed by atoms with E-state index in [0.717, 1.165) is 36.3 Å². The van der Waals surface area contributed by atoms with Gasteiger partial charge in [-0.15, -0.1) is 0 Å². The van der Waals surface area contributed by atoms with Crippen LogP contribution in [0.15, 0.2) is 23.2 Å². The van der Waals surface area contributed by atoms with Crippen molar-refractivity contribution in [2.45, 2.75) is 32.7 Å². The fraction of sp³-hybridized carbons (Fsp3) is 0.588. The minimum Gasteiger partial charge on any atom is -0.454 e. The first-order chi connectivity index (χ1) is 12.2. The van der Waals surface area contributed by atoms with Crippen molar-refractivity contribution in [3.8, 4) is 11.5 Å². The predicted molar refractivity (Wildman–Crippen MR) is 102 cm³/mol. The second-order valence-electron chi connectivity index (χ2n) is 6.82. The molecule has 0 bridgehead atoms. The number of hydrogen-bond donors (Lipinski definition) is 3. The van der Waals surface area contributed by atoms with Crippen LogP contribution in [0.4, 0.5) is 0 Å². The van der Waals surface area contributed by atoms with Crippen molar-refractivity contribution >= 4 is 16.0 Å². The maximum Gasteiger partial charge on any atom is 0.231 e. The molecule has 9 heteroatoms. The average Bonchev–Trinajstić information content (AvgIpc) is 2.98. The molecule has 1 aromatic carbocycles. The Hall–Kier alpha value is -2.00.